The number of hydrogen-bond acceptors (Lipinski definition) is 6. The Kier molecular flexibility index (Phi) is 6.43. The van der Waals surface area contributed by atoms with Crippen LogP contribution in [0.25, 0.3) is 0 Å². The van der Waals surface area contributed by atoms with Gasteiger partial charge in [0.2, 0.25) is 10.0 Å². The van der Waals surface area contributed by atoms with Crippen LogP contribution in [0.1, 0.15) is 24.4 Å². The number of sulfonamides is 1. The van der Waals surface area contributed by atoms with E-state index in [0.29, 0.717) is 41.7 Å². The van der Waals surface area contributed by atoms with Crippen molar-refractivity contribution in [3.05, 3.63) is 53.1 Å². The first-order valence-corrected chi connectivity index (χ1v) is 10.5. The molecule has 9 heteroatoms. The molecule has 0 amide bonds. The second kappa shape index (κ2) is 8.81. The molecule has 1 aliphatic rings. The summed E-state index contributed by atoms with van der Waals surface area (Å²) in [5, 5.41) is 0.345. The van der Waals surface area contributed by atoms with E-state index in [4.69, 9.17) is 25.8 Å². The zero-order valence-electron chi connectivity index (χ0n) is 15.2. The number of nitrogens with one attached hydrogen (secondary N) is 1. The molecule has 0 aliphatic carbocycles. The van der Waals surface area contributed by atoms with Crippen molar-refractivity contribution in [1.82, 2.24) is 4.72 Å². The molecule has 2 aromatic carbocycles. The summed E-state index contributed by atoms with van der Waals surface area (Å²) in [5.41, 5.74) is 0.479. The molecule has 0 unspecified atom stereocenters. The minimum absolute atomic E-state index is 0.00123. The zero-order chi connectivity index (χ0) is 20.1. The number of halogens is 1. The first kappa shape index (κ1) is 20.4. The van der Waals surface area contributed by atoms with E-state index in [9.17, 15) is 13.2 Å². The summed E-state index contributed by atoms with van der Waals surface area (Å²) in [6.45, 7) is 0.944. The number of carbonyl (C=O) groups is 1. The van der Waals surface area contributed by atoms with Gasteiger partial charge in [0, 0.05) is 17.5 Å². The third-order valence-electron chi connectivity index (χ3n) is 4.21. The Balaban J connectivity index is 1.92. The molecule has 0 radical (unpaired) electrons. The van der Waals surface area contributed by atoms with Crippen molar-refractivity contribution in [3.63, 3.8) is 0 Å². The summed E-state index contributed by atoms with van der Waals surface area (Å²) in [5.74, 6) is 0.294. The van der Waals surface area contributed by atoms with Crippen molar-refractivity contribution in [2.45, 2.75) is 23.8 Å². The number of fused-ring (bicyclic) bond motifs is 1. The Hall–Kier alpha value is -2.29. The SMILES string of the molecule is COC(=O)C[C@@H](NS(=O)(=O)c1ccc2c(c1)OCCCO2)c1ccccc1Cl. The molecular formula is C19H20ClNO6S. The van der Waals surface area contributed by atoms with E-state index >= 15 is 0 Å². The molecule has 1 aliphatic heterocycles. The van der Waals surface area contributed by atoms with Crippen molar-refractivity contribution >= 4 is 27.6 Å². The molecule has 3 rings (SSSR count). The summed E-state index contributed by atoms with van der Waals surface area (Å²) in [7, 11) is -2.74. The van der Waals surface area contributed by atoms with Crippen LogP contribution >= 0.6 is 11.6 Å². The zero-order valence-corrected chi connectivity index (χ0v) is 16.8. The highest BCUT2D eigenvalue weighted by Gasteiger charge is 2.26. The van der Waals surface area contributed by atoms with Gasteiger partial charge in [-0.2, -0.15) is 0 Å². The highest BCUT2D eigenvalue weighted by Crippen LogP contribution is 2.33. The highest BCUT2D eigenvalue weighted by molar-refractivity contribution is 7.89. The highest BCUT2D eigenvalue weighted by atomic mass is 35.5. The number of carbonyl (C=O) groups excluding carboxylic acids is 1. The van der Waals surface area contributed by atoms with E-state index in [1.165, 1.54) is 19.2 Å². The standard InChI is InChI=1S/C19H20ClNO6S/c1-25-19(22)12-16(14-5-2-3-6-15(14)20)21-28(23,24)13-7-8-17-18(11-13)27-10-4-9-26-17/h2-3,5-8,11,16,21H,4,9-10,12H2,1H3/t16-/m1/s1. The summed E-state index contributed by atoms with van der Waals surface area (Å²) in [6, 6.07) is 10.2. The Bertz CT molecular complexity index is 963. The average molecular weight is 426 g/mol. The summed E-state index contributed by atoms with van der Waals surface area (Å²) in [4.78, 5) is 11.8. The van der Waals surface area contributed by atoms with Gasteiger partial charge in [0.15, 0.2) is 11.5 Å². The lowest BCUT2D eigenvalue weighted by molar-refractivity contribution is -0.141. The minimum Gasteiger partial charge on any atom is -0.490 e. The van der Waals surface area contributed by atoms with Gasteiger partial charge in [-0.25, -0.2) is 13.1 Å². The maximum absolute atomic E-state index is 13.0. The molecule has 0 fully saturated rings. The lowest BCUT2D eigenvalue weighted by Crippen LogP contribution is -2.30. The Labute approximate surface area is 168 Å². The van der Waals surface area contributed by atoms with E-state index in [1.54, 1.807) is 30.3 Å². The first-order valence-electron chi connectivity index (χ1n) is 8.64. The van der Waals surface area contributed by atoms with Gasteiger partial charge in [-0.05, 0) is 23.8 Å². The first-order chi connectivity index (χ1) is 13.4. The molecule has 2 aromatic rings. The van der Waals surface area contributed by atoms with Crippen LogP contribution in [0.5, 0.6) is 11.5 Å². The number of methoxy groups -OCH3 is 1. The smallest absolute Gasteiger partial charge is 0.307 e. The third kappa shape index (κ3) is 4.76. The minimum atomic E-state index is -3.98. The Morgan fingerprint density at radius 2 is 1.89 bits per heavy atom. The lowest BCUT2D eigenvalue weighted by Gasteiger charge is -2.20. The fourth-order valence-electron chi connectivity index (χ4n) is 2.79. The molecule has 0 saturated heterocycles. The molecule has 1 N–H and O–H groups in total. The lowest BCUT2D eigenvalue weighted by atomic mass is 10.1. The number of ether oxygens (including phenoxy) is 3. The van der Waals surface area contributed by atoms with Gasteiger partial charge < -0.3 is 14.2 Å². The van der Waals surface area contributed by atoms with Crippen LogP contribution in [0, 0.1) is 0 Å². The summed E-state index contributed by atoms with van der Waals surface area (Å²) >= 11 is 6.21. The molecule has 0 saturated carbocycles. The second-order valence-electron chi connectivity index (χ2n) is 6.13. The van der Waals surface area contributed by atoms with Crippen molar-refractivity contribution in [3.8, 4) is 11.5 Å². The molecule has 150 valence electrons. The number of rotatable bonds is 6. The maximum atomic E-state index is 13.0. The number of hydrogen-bond donors (Lipinski definition) is 1. The number of benzene rings is 2. The normalized spacial score (nSPS) is 14.8. The largest absolute Gasteiger partial charge is 0.490 e. The predicted octanol–water partition coefficient (Wildman–Crippen LogP) is 3.08. The van der Waals surface area contributed by atoms with Crippen molar-refractivity contribution in [2.24, 2.45) is 0 Å². The van der Waals surface area contributed by atoms with E-state index in [0.717, 1.165) is 0 Å². The van der Waals surface area contributed by atoms with Crippen molar-refractivity contribution < 1.29 is 27.4 Å². The van der Waals surface area contributed by atoms with Crippen LogP contribution < -0.4 is 14.2 Å². The van der Waals surface area contributed by atoms with Crippen LogP contribution in [0.2, 0.25) is 5.02 Å². The van der Waals surface area contributed by atoms with Crippen LogP contribution in [-0.2, 0) is 19.6 Å². The fourth-order valence-corrected chi connectivity index (χ4v) is 4.29. The van der Waals surface area contributed by atoms with Gasteiger partial charge in [-0.1, -0.05) is 29.8 Å². The average Bonchev–Trinajstić information content (AvgIpc) is 2.92. The van der Waals surface area contributed by atoms with Gasteiger partial charge in [-0.15, -0.1) is 0 Å². The van der Waals surface area contributed by atoms with Gasteiger partial charge in [0.05, 0.1) is 37.7 Å². The fraction of sp³-hybridized carbons (Fsp3) is 0.316. The van der Waals surface area contributed by atoms with Gasteiger partial charge in [0.25, 0.3) is 0 Å². The van der Waals surface area contributed by atoms with Crippen LogP contribution in [0.4, 0.5) is 0 Å². The van der Waals surface area contributed by atoms with Gasteiger partial charge in [0.1, 0.15) is 0 Å². The Morgan fingerprint density at radius 1 is 1.18 bits per heavy atom. The molecule has 0 spiro atoms. The van der Waals surface area contributed by atoms with Crippen LogP contribution in [0.15, 0.2) is 47.4 Å². The molecule has 1 heterocycles. The van der Waals surface area contributed by atoms with Gasteiger partial charge >= 0.3 is 5.97 Å². The quantitative estimate of drug-likeness (QED) is 0.715. The maximum Gasteiger partial charge on any atom is 0.307 e. The molecular weight excluding hydrogens is 406 g/mol. The molecule has 28 heavy (non-hydrogen) atoms. The molecule has 1 atom stereocenters. The second-order valence-corrected chi connectivity index (χ2v) is 8.26. The molecule has 0 bridgehead atoms. The van der Waals surface area contributed by atoms with Crippen molar-refractivity contribution in [2.75, 3.05) is 20.3 Å². The van der Waals surface area contributed by atoms with Gasteiger partial charge in [-0.3, -0.25) is 4.79 Å². The topological polar surface area (TPSA) is 90.9 Å². The Morgan fingerprint density at radius 3 is 2.61 bits per heavy atom. The number of esters is 1. The predicted molar refractivity (Wildman–Crippen MR) is 103 cm³/mol. The van der Waals surface area contributed by atoms with E-state index in [-0.39, 0.29) is 11.3 Å². The molecule has 0 aromatic heterocycles. The molecule has 7 nitrogen and oxygen atoms in total. The van der Waals surface area contributed by atoms with E-state index < -0.39 is 22.0 Å². The van der Waals surface area contributed by atoms with E-state index in [1.807, 2.05) is 0 Å². The van der Waals surface area contributed by atoms with Crippen LogP contribution in [-0.4, -0.2) is 34.7 Å². The van der Waals surface area contributed by atoms with E-state index in [2.05, 4.69) is 4.72 Å². The summed E-state index contributed by atoms with van der Waals surface area (Å²) in [6.07, 6.45) is 0.507. The monoisotopic (exact) mass is 425 g/mol. The summed E-state index contributed by atoms with van der Waals surface area (Å²) < 4.78 is 44.3. The van der Waals surface area contributed by atoms with Crippen LogP contribution in [0.3, 0.4) is 0 Å². The van der Waals surface area contributed by atoms with Crippen molar-refractivity contribution in [1.29, 1.82) is 0 Å². The third-order valence-corrected chi connectivity index (χ3v) is 6.02.